The van der Waals surface area contributed by atoms with Gasteiger partial charge in [0.15, 0.2) is 5.96 Å². The number of rotatable bonds is 5. The number of likely N-dealkylation sites (tertiary alicyclic amines) is 1. The summed E-state index contributed by atoms with van der Waals surface area (Å²) in [6, 6.07) is 6.31. The molecule has 0 aliphatic carbocycles. The Balaban J connectivity index is 0.00000261. The molecule has 2 heterocycles. The van der Waals surface area contributed by atoms with E-state index in [0.717, 1.165) is 44.2 Å². The van der Waals surface area contributed by atoms with Crippen LogP contribution < -0.4 is 10.1 Å². The summed E-state index contributed by atoms with van der Waals surface area (Å²) in [5.74, 6) is 2.45. The standard InChI is InChI=1S/C20H29N5O.HI/c1-15-5-6-19(26-4)16(11-15)7-9-22-20(21-2)25-10-8-17(14-25)18-12-23-24(3)13-18;/h5-6,11-13,17H,7-10,14H2,1-4H3,(H,21,22);1H. The van der Waals surface area contributed by atoms with Gasteiger partial charge in [-0.15, -0.1) is 24.0 Å². The van der Waals surface area contributed by atoms with Crippen molar-refractivity contribution in [1.29, 1.82) is 0 Å². The molecule has 1 N–H and O–H groups in total. The van der Waals surface area contributed by atoms with Crippen molar-refractivity contribution in [3.05, 3.63) is 47.3 Å². The Morgan fingerprint density at radius 1 is 1.41 bits per heavy atom. The molecule has 1 aromatic carbocycles. The molecule has 0 amide bonds. The minimum absolute atomic E-state index is 0. The number of guanidine groups is 1. The molecule has 148 valence electrons. The molecule has 0 spiro atoms. The van der Waals surface area contributed by atoms with Crippen LogP contribution in [0.1, 0.15) is 29.0 Å². The van der Waals surface area contributed by atoms with Crippen LogP contribution in [-0.2, 0) is 13.5 Å². The van der Waals surface area contributed by atoms with Crippen molar-refractivity contribution in [3.8, 4) is 5.75 Å². The highest BCUT2D eigenvalue weighted by atomic mass is 127. The second-order valence-corrected chi connectivity index (χ2v) is 6.92. The first-order chi connectivity index (χ1) is 12.6. The van der Waals surface area contributed by atoms with Crippen LogP contribution in [0.2, 0.25) is 0 Å². The molecule has 1 aliphatic heterocycles. The molecule has 1 atom stereocenters. The van der Waals surface area contributed by atoms with Gasteiger partial charge in [0.1, 0.15) is 5.75 Å². The van der Waals surface area contributed by atoms with Gasteiger partial charge in [-0.25, -0.2) is 0 Å². The molecule has 3 rings (SSSR count). The van der Waals surface area contributed by atoms with Crippen molar-refractivity contribution in [3.63, 3.8) is 0 Å². The monoisotopic (exact) mass is 483 g/mol. The molecular weight excluding hydrogens is 453 g/mol. The first-order valence-corrected chi connectivity index (χ1v) is 9.18. The molecule has 1 saturated heterocycles. The first kappa shape index (κ1) is 21.5. The largest absolute Gasteiger partial charge is 0.496 e. The quantitative estimate of drug-likeness (QED) is 0.404. The number of aliphatic imine (C=N–C) groups is 1. The minimum Gasteiger partial charge on any atom is -0.496 e. The highest BCUT2D eigenvalue weighted by molar-refractivity contribution is 14.0. The fourth-order valence-corrected chi connectivity index (χ4v) is 3.62. The van der Waals surface area contributed by atoms with Crippen LogP contribution in [0.25, 0.3) is 0 Å². The number of hydrogen-bond acceptors (Lipinski definition) is 3. The summed E-state index contributed by atoms with van der Waals surface area (Å²) in [5, 5.41) is 7.81. The number of methoxy groups -OCH3 is 1. The Hall–Kier alpha value is -1.77. The number of ether oxygens (including phenoxy) is 1. The van der Waals surface area contributed by atoms with Gasteiger partial charge in [-0.2, -0.15) is 5.10 Å². The fraction of sp³-hybridized carbons (Fsp3) is 0.500. The zero-order chi connectivity index (χ0) is 18.5. The van der Waals surface area contributed by atoms with Gasteiger partial charge in [-0.3, -0.25) is 9.67 Å². The molecule has 27 heavy (non-hydrogen) atoms. The molecule has 6 nitrogen and oxygen atoms in total. The Labute approximate surface area is 179 Å². The maximum Gasteiger partial charge on any atom is 0.193 e. The lowest BCUT2D eigenvalue weighted by atomic mass is 10.0. The van der Waals surface area contributed by atoms with E-state index in [4.69, 9.17) is 4.74 Å². The molecule has 1 aliphatic rings. The predicted octanol–water partition coefficient (Wildman–Crippen LogP) is 2.96. The average molecular weight is 483 g/mol. The van der Waals surface area contributed by atoms with Gasteiger partial charge in [-0.05, 0) is 37.0 Å². The van der Waals surface area contributed by atoms with Crippen molar-refractivity contribution in [2.75, 3.05) is 33.8 Å². The normalized spacial score (nSPS) is 17.0. The summed E-state index contributed by atoms with van der Waals surface area (Å²) >= 11 is 0. The van der Waals surface area contributed by atoms with Crippen LogP contribution in [0.3, 0.4) is 0 Å². The number of nitrogens with zero attached hydrogens (tertiary/aromatic N) is 4. The number of halogens is 1. The highest BCUT2D eigenvalue weighted by Crippen LogP contribution is 2.26. The van der Waals surface area contributed by atoms with Crippen molar-refractivity contribution in [2.45, 2.75) is 25.7 Å². The van der Waals surface area contributed by atoms with E-state index in [-0.39, 0.29) is 24.0 Å². The molecule has 2 aromatic rings. The van der Waals surface area contributed by atoms with E-state index in [1.807, 2.05) is 31.0 Å². The number of aromatic nitrogens is 2. The van der Waals surface area contributed by atoms with E-state index >= 15 is 0 Å². The molecule has 0 radical (unpaired) electrons. The summed E-state index contributed by atoms with van der Waals surface area (Å²) in [7, 11) is 5.55. The molecule has 1 fully saturated rings. The molecule has 1 aromatic heterocycles. The summed E-state index contributed by atoms with van der Waals surface area (Å²) in [5.41, 5.74) is 3.80. The Morgan fingerprint density at radius 2 is 2.22 bits per heavy atom. The van der Waals surface area contributed by atoms with E-state index in [9.17, 15) is 0 Å². The third kappa shape index (κ3) is 5.37. The lowest BCUT2D eigenvalue weighted by Gasteiger charge is -2.22. The van der Waals surface area contributed by atoms with Crippen LogP contribution in [0.5, 0.6) is 5.75 Å². The fourth-order valence-electron chi connectivity index (χ4n) is 3.62. The van der Waals surface area contributed by atoms with Crippen molar-refractivity contribution < 1.29 is 4.74 Å². The highest BCUT2D eigenvalue weighted by Gasteiger charge is 2.26. The van der Waals surface area contributed by atoms with Gasteiger partial charge in [0.05, 0.1) is 13.3 Å². The van der Waals surface area contributed by atoms with Crippen molar-refractivity contribution in [1.82, 2.24) is 20.0 Å². The number of nitrogens with one attached hydrogen (secondary N) is 1. The zero-order valence-electron chi connectivity index (χ0n) is 16.6. The van der Waals surface area contributed by atoms with Crippen molar-refractivity contribution >= 4 is 29.9 Å². The van der Waals surface area contributed by atoms with Crippen LogP contribution in [0, 0.1) is 6.92 Å². The molecular formula is C20H30IN5O. The van der Waals surface area contributed by atoms with Crippen LogP contribution in [-0.4, -0.2) is 54.4 Å². The molecule has 1 unspecified atom stereocenters. The Kier molecular flexibility index (Phi) is 7.94. The minimum atomic E-state index is 0. The lowest BCUT2D eigenvalue weighted by molar-refractivity contribution is 0.409. The molecule has 0 saturated carbocycles. The third-order valence-corrected chi connectivity index (χ3v) is 5.01. The van der Waals surface area contributed by atoms with Gasteiger partial charge in [0.2, 0.25) is 0 Å². The number of benzene rings is 1. The maximum atomic E-state index is 5.47. The predicted molar refractivity (Wildman–Crippen MR) is 120 cm³/mol. The summed E-state index contributed by atoms with van der Waals surface area (Å²) in [4.78, 5) is 6.81. The van der Waals surface area contributed by atoms with Crippen LogP contribution >= 0.6 is 24.0 Å². The van der Waals surface area contributed by atoms with Crippen LogP contribution in [0.15, 0.2) is 35.6 Å². The van der Waals surface area contributed by atoms with Gasteiger partial charge >= 0.3 is 0 Å². The third-order valence-electron chi connectivity index (χ3n) is 5.01. The maximum absolute atomic E-state index is 5.47. The first-order valence-electron chi connectivity index (χ1n) is 9.18. The van der Waals surface area contributed by atoms with E-state index in [2.05, 4.69) is 45.6 Å². The summed E-state index contributed by atoms with van der Waals surface area (Å²) in [6.07, 6.45) is 6.14. The van der Waals surface area contributed by atoms with E-state index in [1.54, 1.807) is 7.11 Å². The van der Waals surface area contributed by atoms with Crippen LogP contribution in [0.4, 0.5) is 0 Å². The SMILES string of the molecule is CN=C(NCCc1cc(C)ccc1OC)N1CCC(c2cnn(C)c2)C1.I. The Morgan fingerprint density at radius 3 is 2.89 bits per heavy atom. The molecule has 7 heteroatoms. The molecule has 0 bridgehead atoms. The smallest absolute Gasteiger partial charge is 0.193 e. The summed E-state index contributed by atoms with van der Waals surface area (Å²) in [6.45, 7) is 4.95. The van der Waals surface area contributed by atoms with Gasteiger partial charge in [-0.1, -0.05) is 17.7 Å². The van der Waals surface area contributed by atoms with Crippen molar-refractivity contribution in [2.24, 2.45) is 12.0 Å². The lowest BCUT2D eigenvalue weighted by Crippen LogP contribution is -2.40. The van der Waals surface area contributed by atoms with E-state index < -0.39 is 0 Å². The second kappa shape index (κ2) is 9.96. The van der Waals surface area contributed by atoms with Gasteiger partial charge < -0.3 is 15.0 Å². The average Bonchev–Trinajstić information content (AvgIpc) is 3.28. The number of aryl methyl sites for hydroxylation is 2. The van der Waals surface area contributed by atoms with E-state index in [0.29, 0.717) is 5.92 Å². The summed E-state index contributed by atoms with van der Waals surface area (Å²) < 4.78 is 7.35. The zero-order valence-corrected chi connectivity index (χ0v) is 18.9. The Bertz CT molecular complexity index is 773. The number of hydrogen-bond donors (Lipinski definition) is 1. The topological polar surface area (TPSA) is 54.7 Å². The van der Waals surface area contributed by atoms with Gasteiger partial charge in [0.25, 0.3) is 0 Å². The second-order valence-electron chi connectivity index (χ2n) is 6.92. The van der Waals surface area contributed by atoms with E-state index in [1.165, 1.54) is 16.7 Å². The van der Waals surface area contributed by atoms with Gasteiger partial charge in [0, 0.05) is 45.8 Å².